The van der Waals surface area contributed by atoms with Crippen LogP contribution in [0.4, 0.5) is 0 Å². The van der Waals surface area contributed by atoms with E-state index in [1.807, 2.05) is 26.1 Å². The Morgan fingerprint density at radius 2 is 1.79 bits per heavy atom. The molecule has 2 N–H and O–H groups in total. The van der Waals surface area contributed by atoms with Crippen LogP contribution in [0.1, 0.15) is 25.8 Å². The fraction of sp³-hybridized carbons (Fsp3) is 0.571. The summed E-state index contributed by atoms with van der Waals surface area (Å²) in [4.78, 5) is 0.337. The van der Waals surface area contributed by atoms with Gasteiger partial charge in [0.1, 0.15) is 0 Å². The summed E-state index contributed by atoms with van der Waals surface area (Å²) in [6, 6.07) is 7.12. The monoisotopic (exact) mass is 284 g/mol. The van der Waals surface area contributed by atoms with Crippen molar-refractivity contribution in [3.05, 3.63) is 29.8 Å². The molecular weight excluding hydrogens is 260 g/mol. The molecule has 1 aromatic carbocycles. The quantitative estimate of drug-likeness (QED) is 0.765. The molecule has 0 bridgehead atoms. The predicted molar refractivity (Wildman–Crippen MR) is 78.7 cm³/mol. The molecule has 0 fully saturated rings. The van der Waals surface area contributed by atoms with Crippen molar-refractivity contribution in [2.45, 2.75) is 31.6 Å². The van der Waals surface area contributed by atoms with Crippen LogP contribution >= 0.6 is 0 Å². The van der Waals surface area contributed by atoms with Crippen molar-refractivity contribution >= 4 is 10.0 Å². The molecule has 0 spiro atoms. The minimum atomic E-state index is -3.38. The van der Waals surface area contributed by atoms with Gasteiger partial charge in [-0.3, -0.25) is 0 Å². The lowest BCUT2D eigenvalue weighted by molar-refractivity contribution is 0.519. The van der Waals surface area contributed by atoms with Crippen molar-refractivity contribution in [2.24, 2.45) is 5.92 Å². The SMILES string of the molecule is CCCc1ccc(S(=O)(=O)NCC(C)CNC)cc1. The summed E-state index contributed by atoms with van der Waals surface area (Å²) in [5, 5.41) is 3.03. The molecule has 0 amide bonds. The van der Waals surface area contributed by atoms with Crippen LogP contribution < -0.4 is 10.0 Å². The summed E-state index contributed by atoms with van der Waals surface area (Å²) >= 11 is 0. The zero-order valence-electron chi connectivity index (χ0n) is 11.9. The van der Waals surface area contributed by atoms with Crippen molar-refractivity contribution in [2.75, 3.05) is 20.1 Å². The molecule has 5 heteroatoms. The second kappa shape index (κ2) is 7.62. The van der Waals surface area contributed by atoms with Gasteiger partial charge < -0.3 is 5.32 Å². The summed E-state index contributed by atoms with van der Waals surface area (Å²) < 4.78 is 26.8. The first-order valence-corrected chi connectivity index (χ1v) is 8.21. The molecule has 0 aromatic heterocycles. The third-order valence-electron chi connectivity index (χ3n) is 2.95. The first-order chi connectivity index (χ1) is 8.99. The maximum Gasteiger partial charge on any atom is 0.240 e. The lowest BCUT2D eigenvalue weighted by Gasteiger charge is -2.12. The Morgan fingerprint density at radius 3 is 2.32 bits per heavy atom. The third-order valence-corrected chi connectivity index (χ3v) is 4.39. The minimum absolute atomic E-state index is 0.263. The van der Waals surface area contributed by atoms with Gasteiger partial charge in [0.25, 0.3) is 0 Å². The predicted octanol–water partition coefficient (Wildman–Crippen LogP) is 1.77. The number of hydrogen-bond donors (Lipinski definition) is 2. The maximum absolute atomic E-state index is 12.1. The Kier molecular flexibility index (Phi) is 6.48. The van der Waals surface area contributed by atoms with Crippen molar-refractivity contribution in [1.82, 2.24) is 10.0 Å². The van der Waals surface area contributed by atoms with E-state index in [0.29, 0.717) is 11.4 Å². The molecule has 0 aliphatic carbocycles. The van der Waals surface area contributed by atoms with Crippen LogP contribution in [0.5, 0.6) is 0 Å². The molecule has 19 heavy (non-hydrogen) atoms. The Bertz CT molecular complexity index is 469. The number of hydrogen-bond acceptors (Lipinski definition) is 3. The standard InChI is InChI=1S/C14H24N2O2S/c1-4-5-13-6-8-14(9-7-13)19(17,18)16-11-12(2)10-15-3/h6-9,12,15-16H,4-5,10-11H2,1-3H3. The topological polar surface area (TPSA) is 58.2 Å². The Hall–Kier alpha value is -0.910. The van der Waals surface area contributed by atoms with Crippen molar-refractivity contribution in [3.8, 4) is 0 Å². The molecule has 1 rings (SSSR count). The van der Waals surface area contributed by atoms with Crippen LogP contribution in [0.15, 0.2) is 29.2 Å². The van der Waals surface area contributed by atoms with Crippen LogP contribution in [0, 0.1) is 5.92 Å². The second-order valence-electron chi connectivity index (χ2n) is 4.91. The average Bonchev–Trinajstić information content (AvgIpc) is 2.38. The number of benzene rings is 1. The van der Waals surface area contributed by atoms with E-state index in [4.69, 9.17) is 0 Å². The molecule has 0 heterocycles. The largest absolute Gasteiger partial charge is 0.319 e. The lowest BCUT2D eigenvalue weighted by atomic mass is 10.1. The molecule has 0 saturated heterocycles. The van der Waals surface area contributed by atoms with E-state index < -0.39 is 10.0 Å². The van der Waals surface area contributed by atoms with E-state index >= 15 is 0 Å². The molecular formula is C14H24N2O2S. The van der Waals surface area contributed by atoms with Gasteiger partial charge in [0, 0.05) is 6.54 Å². The van der Waals surface area contributed by atoms with Crippen LogP contribution in [-0.2, 0) is 16.4 Å². The summed E-state index contributed by atoms with van der Waals surface area (Å²) in [6.07, 6.45) is 2.04. The summed E-state index contributed by atoms with van der Waals surface area (Å²) in [6.45, 7) is 5.34. The highest BCUT2D eigenvalue weighted by molar-refractivity contribution is 7.89. The molecule has 1 unspecified atom stereocenters. The average molecular weight is 284 g/mol. The number of nitrogens with one attached hydrogen (secondary N) is 2. The van der Waals surface area contributed by atoms with E-state index in [-0.39, 0.29) is 5.92 Å². The van der Waals surface area contributed by atoms with E-state index in [2.05, 4.69) is 17.0 Å². The van der Waals surface area contributed by atoms with E-state index in [9.17, 15) is 8.42 Å². The third kappa shape index (κ3) is 5.30. The summed E-state index contributed by atoms with van der Waals surface area (Å²) in [5.74, 6) is 0.263. The molecule has 4 nitrogen and oxygen atoms in total. The molecule has 0 aliphatic heterocycles. The highest BCUT2D eigenvalue weighted by Crippen LogP contribution is 2.12. The fourth-order valence-corrected chi connectivity index (χ4v) is 3.04. The van der Waals surface area contributed by atoms with Crippen molar-refractivity contribution in [1.29, 1.82) is 0 Å². The van der Waals surface area contributed by atoms with Crippen LogP contribution in [0.3, 0.4) is 0 Å². The molecule has 1 atom stereocenters. The molecule has 0 saturated carbocycles. The number of sulfonamides is 1. The first-order valence-electron chi connectivity index (χ1n) is 6.72. The van der Waals surface area contributed by atoms with Crippen LogP contribution in [-0.4, -0.2) is 28.6 Å². The first kappa shape index (κ1) is 16.1. The van der Waals surface area contributed by atoms with Gasteiger partial charge in [-0.15, -0.1) is 0 Å². The van der Waals surface area contributed by atoms with E-state index in [1.165, 1.54) is 5.56 Å². The zero-order chi connectivity index (χ0) is 14.3. The zero-order valence-corrected chi connectivity index (χ0v) is 12.8. The van der Waals surface area contributed by atoms with Gasteiger partial charge in [0.15, 0.2) is 0 Å². The molecule has 1 aromatic rings. The second-order valence-corrected chi connectivity index (χ2v) is 6.68. The van der Waals surface area contributed by atoms with Gasteiger partial charge >= 0.3 is 0 Å². The van der Waals surface area contributed by atoms with Gasteiger partial charge in [-0.05, 0) is 43.6 Å². The summed E-state index contributed by atoms with van der Waals surface area (Å²) in [7, 11) is -1.52. The fourth-order valence-electron chi connectivity index (χ4n) is 1.88. The number of aryl methyl sites for hydroxylation is 1. The van der Waals surface area contributed by atoms with Crippen LogP contribution in [0.2, 0.25) is 0 Å². The van der Waals surface area contributed by atoms with E-state index in [0.717, 1.165) is 19.4 Å². The summed E-state index contributed by atoms with van der Waals surface area (Å²) in [5.41, 5.74) is 1.17. The van der Waals surface area contributed by atoms with Crippen molar-refractivity contribution in [3.63, 3.8) is 0 Å². The highest BCUT2D eigenvalue weighted by atomic mass is 32.2. The smallest absolute Gasteiger partial charge is 0.240 e. The van der Waals surface area contributed by atoms with Crippen LogP contribution in [0.25, 0.3) is 0 Å². The van der Waals surface area contributed by atoms with Gasteiger partial charge in [-0.25, -0.2) is 13.1 Å². The molecule has 0 radical (unpaired) electrons. The minimum Gasteiger partial charge on any atom is -0.319 e. The van der Waals surface area contributed by atoms with E-state index in [1.54, 1.807) is 12.1 Å². The van der Waals surface area contributed by atoms with Gasteiger partial charge in [-0.2, -0.15) is 0 Å². The van der Waals surface area contributed by atoms with Gasteiger partial charge in [-0.1, -0.05) is 32.4 Å². The maximum atomic E-state index is 12.1. The highest BCUT2D eigenvalue weighted by Gasteiger charge is 2.14. The Labute approximate surface area is 116 Å². The van der Waals surface area contributed by atoms with Crippen molar-refractivity contribution < 1.29 is 8.42 Å². The molecule has 108 valence electrons. The molecule has 0 aliphatic rings. The lowest BCUT2D eigenvalue weighted by Crippen LogP contribution is -2.32. The Balaban J connectivity index is 2.66. The Morgan fingerprint density at radius 1 is 1.16 bits per heavy atom. The van der Waals surface area contributed by atoms with Gasteiger partial charge in [0.2, 0.25) is 10.0 Å². The number of rotatable bonds is 8. The van der Waals surface area contributed by atoms with Gasteiger partial charge in [0.05, 0.1) is 4.90 Å². The normalized spacial score (nSPS) is 13.4.